The SMILES string of the molecule is C=C1C(O)CC2(C)CCC3(C)C4CCC5(C)C(C)C(=O)CCC5C4(C)CCC3(C(=O)OC)C2C1O. The van der Waals surface area contributed by atoms with E-state index in [0.717, 1.165) is 38.5 Å². The number of ketones is 1. The molecule has 0 spiro atoms. The number of hydrogen-bond acceptors (Lipinski definition) is 5. The molecule has 2 N–H and O–H groups in total. The number of carbonyl (C=O) groups excluding carboxylic acids is 2. The van der Waals surface area contributed by atoms with Crippen molar-refractivity contribution in [1.82, 2.24) is 0 Å². The number of fused-ring (bicyclic) bond motifs is 7. The minimum absolute atomic E-state index is 0.00807. The van der Waals surface area contributed by atoms with Crippen LogP contribution in [0.5, 0.6) is 0 Å². The van der Waals surface area contributed by atoms with Crippen LogP contribution in [-0.4, -0.2) is 41.3 Å². The molecule has 196 valence electrons. The van der Waals surface area contributed by atoms with Crippen molar-refractivity contribution in [1.29, 1.82) is 0 Å². The molecule has 5 fully saturated rings. The molecule has 5 aliphatic rings. The van der Waals surface area contributed by atoms with E-state index in [0.29, 0.717) is 42.5 Å². The zero-order valence-electron chi connectivity index (χ0n) is 22.7. The summed E-state index contributed by atoms with van der Waals surface area (Å²) >= 11 is 0. The van der Waals surface area contributed by atoms with Gasteiger partial charge in [0.2, 0.25) is 0 Å². The zero-order chi connectivity index (χ0) is 25.8. The highest BCUT2D eigenvalue weighted by Gasteiger charge is 2.76. The minimum atomic E-state index is -0.923. The van der Waals surface area contributed by atoms with E-state index < -0.39 is 17.6 Å². The number of aliphatic hydroxyl groups is 2. The first-order valence-electron chi connectivity index (χ1n) is 13.9. The van der Waals surface area contributed by atoms with Crippen molar-refractivity contribution in [2.75, 3.05) is 7.11 Å². The van der Waals surface area contributed by atoms with Gasteiger partial charge in [0.05, 0.1) is 24.7 Å². The standard InChI is InChI=1S/C30H46O5/c1-17-20(32)16-26(3)12-14-29(6)22-10-11-27(4)18(2)19(31)8-9-21(27)28(22,5)13-15-30(29,25(34)35-7)24(26)23(17)33/h18,20-24,32-33H,1,8-16H2,2-7H3. The first kappa shape index (κ1) is 25.4. The predicted molar refractivity (Wildman–Crippen MR) is 134 cm³/mol. The van der Waals surface area contributed by atoms with Crippen LogP contribution in [0.2, 0.25) is 0 Å². The van der Waals surface area contributed by atoms with Gasteiger partial charge in [-0.2, -0.15) is 0 Å². The van der Waals surface area contributed by atoms with Crippen LogP contribution in [0.15, 0.2) is 12.2 Å². The normalized spacial score (nSPS) is 55.8. The van der Waals surface area contributed by atoms with Crippen molar-refractivity contribution < 1.29 is 24.5 Å². The largest absolute Gasteiger partial charge is 0.469 e. The molecule has 5 rings (SSSR count). The Labute approximate surface area is 211 Å². The lowest BCUT2D eigenvalue weighted by atomic mass is 9.30. The first-order chi connectivity index (χ1) is 16.2. The summed E-state index contributed by atoms with van der Waals surface area (Å²) in [5.74, 6) is 0.753. The Morgan fingerprint density at radius 1 is 0.971 bits per heavy atom. The van der Waals surface area contributed by atoms with Crippen molar-refractivity contribution in [3.8, 4) is 0 Å². The molecule has 0 saturated heterocycles. The molecular formula is C30H46O5. The van der Waals surface area contributed by atoms with Crippen LogP contribution >= 0.6 is 0 Å². The van der Waals surface area contributed by atoms with Crippen LogP contribution in [0.3, 0.4) is 0 Å². The lowest BCUT2D eigenvalue weighted by Gasteiger charge is -2.74. The van der Waals surface area contributed by atoms with Gasteiger partial charge in [0, 0.05) is 18.3 Å². The quantitative estimate of drug-likeness (QED) is 0.399. The van der Waals surface area contributed by atoms with E-state index >= 15 is 0 Å². The van der Waals surface area contributed by atoms with Crippen molar-refractivity contribution in [3.63, 3.8) is 0 Å². The third-order valence-electron chi connectivity index (χ3n) is 13.2. The Hall–Kier alpha value is -1.20. The van der Waals surface area contributed by atoms with Crippen molar-refractivity contribution in [2.45, 2.75) is 105 Å². The lowest BCUT2D eigenvalue weighted by molar-refractivity contribution is -0.270. The average Bonchev–Trinajstić information content (AvgIpc) is 2.80. The Morgan fingerprint density at radius 2 is 1.66 bits per heavy atom. The summed E-state index contributed by atoms with van der Waals surface area (Å²) in [6.07, 6.45) is 5.83. The maximum atomic E-state index is 14.0. The van der Waals surface area contributed by atoms with Crippen molar-refractivity contribution in [3.05, 3.63) is 12.2 Å². The molecular weight excluding hydrogens is 440 g/mol. The molecule has 5 saturated carbocycles. The average molecular weight is 487 g/mol. The number of esters is 1. The van der Waals surface area contributed by atoms with Gasteiger partial charge in [-0.05, 0) is 90.4 Å². The molecule has 0 aromatic heterocycles. The maximum absolute atomic E-state index is 14.0. The fraction of sp³-hybridized carbons (Fsp3) is 0.867. The summed E-state index contributed by atoms with van der Waals surface area (Å²) in [6.45, 7) is 15.5. The molecule has 11 unspecified atom stereocenters. The van der Waals surface area contributed by atoms with E-state index in [2.05, 4.69) is 41.2 Å². The van der Waals surface area contributed by atoms with E-state index in [4.69, 9.17) is 4.74 Å². The van der Waals surface area contributed by atoms with Crippen LogP contribution in [-0.2, 0) is 14.3 Å². The number of Topliss-reactive ketones (excluding diaryl/α,β-unsaturated/α-hetero) is 1. The van der Waals surface area contributed by atoms with Crippen LogP contribution in [0, 0.1) is 50.7 Å². The third-order valence-corrected chi connectivity index (χ3v) is 13.2. The molecule has 0 amide bonds. The molecule has 0 bridgehead atoms. The molecule has 0 aromatic rings. The molecule has 0 aromatic carbocycles. The number of rotatable bonds is 1. The highest BCUT2D eigenvalue weighted by molar-refractivity contribution is 5.82. The smallest absolute Gasteiger partial charge is 0.312 e. The van der Waals surface area contributed by atoms with E-state index in [1.165, 1.54) is 7.11 Å². The third kappa shape index (κ3) is 2.89. The van der Waals surface area contributed by atoms with Gasteiger partial charge in [0.1, 0.15) is 5.78 Å². The summed E-state index contributed by atoms with van der Waals surface area (Å²) in [4.78, 5) is 26.8. The summed E-state index contributed by atoms with van der Waals surface area (Å²) in [5, 5.41) is 22.3. The highest BCUT2D eigenvalue weighted by Crippen LogP contribution is 2.78. The zero-order valence-corrected chi connectivity index (χ0v) is 22.7. The van der Waals surface area contributed by atoms with Crippen LogP contribution in [0.4, 0.5) is 0 Å². The summed E-state index contributed by atoms with van der Waals surface area (Å²) in [7, 11) is 1.49. The van der Waals surface area contributed by atoms with E-state index in [-0.39, 0.29) is 39.5 Å². The Bertz CT molecular complexity index is 958. The molecule has 0 radical (unpaired) electrons. The monoisotopic (exact) mass is 486 g/mol. The van der Waals surface area contributed by atoms with Gasteiger partial charge in [-0.25, -0.2) is 0 Å². The fourth-order valence-electron chi connectivity index (χ4n) is 11.2. The molecule has 11 atom stereocenters. The molecule has 35 heavy (non-hydrogen) atoms. The van der Waals surface area contributed by atoms with Gasteiger partial charge in [0.25, 0.3) is 0 Å². The van der Waals surface area contributed by atoms with E-state index in [1.807, 2.05) is 0 Å². The Morgan fingerprint density at radius 3 is 2.31 bits per heavy atom. The Kier molecular flexibility index (Phi) is 5.57. The summed E-state index contributed by atoms with van der Waals surface area (Å²) in [5.41, 5.74) is -0.995. The van der Waals surface area contributed by atoms with Gasteiger partial charge in [0.15, 0.2) is 0 Å². The minimum Gasteiger partial charge on any atom is -0.469 e. The molecule has 5 aliphatic carbocycles. The fourth-order valence-corrected chi connectivity index (χ4v) is 11.2. The predicted octanol–water partition coefficient (Wildman–Crippen LogP) is 5.08. The number of hydrogen-bond donors (Lipinski definition) is 2. The number of ether oxygens (including phenoxy) is 1. The van der Waals surface area contributed by atoms with Crippen LogP contribution in [0.1, 0.15) is 92.4 Å². The Balaban J connectivity index is 1.65. The maximum Gasteiger partial charge on any atom is 0.312 e. The second-order valence-electron chi connectivity index (χ2n) is 14.1. The van der Waals surface area contributed by atoms with Crippen molar-refractivity contribution >= 4 is 11.8 Å². The van der Waals surface area contributed by atoms with Crippen LogP contribution < -0.4 is 0 Å². The second-order valence-corrected chi connectivity index (χ2v) is 14.1. The second kappa shape index (κ2) is 7.66. The summed E-state index contributed by atoms with van der Waals surface area (Å²) in [6, 6.07) is 0. The van der Waals surface area contributed by atoms with E-state index in [1.54, 1.807) is 0 Å². The number of aliphatic hydroxyl groups excluding tert-OH is 2. The van der Waals surface area contributed by atoms with Gasteiger partial charge < -0.3 is 14.9 Å². The van der Waals surface area contributed by atoms with Gasteiger partial charge in [-0.3, -0.25) is 9.59 Å². The van der Waals surface area contributed by atoms with Gasteiger partial charge in [-0.15, -0.1) is 0 Å². The molecule has 5 nitrogen and oxygen atoms in total. The lowest BCUT2D eigenvalue weighted by Crippen LogP contribution is -2.72. The highest BCUT2D eigenvalue weighted by atomic mass is 16.5. The number of methoxy groups -OCH3 is 1. The molecule has 5 heteroatoms. The molecule has 0 aliphatic heterocycles. The van der Waals surface area contributed by atoms with Gasteiger partial charge >= 0.3 is 5.97 Å². The summed E-state index contributed by atoms with van der Waals surface area (Å²) < 4.78 is 5.60. The number of carbonyl (C=O) groups is 2. The first-order valence-corrected chi connectivity index (χ1v) is 13.9. The van der Waals surface area contributed by atoms with E-state index in [9.17, 15) is 19.8 Å². The van der Waals surface area contributed by atoms with Gasteiger partial charge in [-0.1, -0.05) is 41.2 Å². The molecule has 0 heterocycles. The topological polar surface area (TPSA) is 83.8 Å². The van der Waals surface area contributed by atoms with Crippen molar-refractivity contribution in [2.24, 2.45) is 50.7 Å². The van der Waals surface area contributed by atoms with Crippen LogP contribution in [0.25, 0.3) is 0 Å².